The molecule has 2 aromatic rings. The van der Waals surface area contributed by atoms with Crippen LogP contribution in [-0.2, 0) is 9.59 Å². The summed E-state index contributed by atoms with van der Waals surface area (Å²) in [6.45, 7) is 1.91. The quantitative estimate of drug-likeness (QED) is 0.348. The number of para-hydroxylation sites is 1. The first-order valence-corrected chi connectivity index (χ1v) is 9.65. The van der Waals surface area contributed by atoms with Crippen LogP contribution in [0.2, 0.25) is 0 Å². The molecule has 0 aromatic heterocycles. The van der Waals surface area contributed by atoms with E-state index in [0.29, 0.717) is 12.8 Å². The molecule has 1 saturated heterocycles. The van der Waals surface area contributed by atoms with Gasteiger partial charge in [0.05, 0.1) is 33.7 Å². The van der Waals surface area contributed by atoms with Crippen molar-refractivity contribution in [3.05, 3.63) is 75.6 Å². The average Bonchev–Trinajstić information content (AvgIpc) is 2.99. The molecule has 158 valence electrons. The Labute approximate surface area is 176 Å². The highest BCUT2D eigenvalue weighted by atomic mass is 19.1. The molecule has 2 atom stereocenters. The van der Waals surface area contributed by atoms with Crippen molar-refractivity contribution < 1.29 is 23.7 Å². The number of nitrogens with one attached hydrogen (secondary N) is 1. The van der Waals surface area contributed by atoms with Gasteiger partial charge in [0.25, 0.3) is 11.6 Å². The van der Waals surface area contributed by atoms with Crippen LogP contribution in [0.4, 0.5) is 21.5 Å². The lowest BCUT2D eigenvalue weighted by Crippen LogP contribution is -2.33. The van der Waals surface area contributed by atoms with Crippen molar-refractivity contribution in [1.82, 2.24) is 0 Å². The second-order valence-electron chi connectivity index (χ2n) is 7.61. The molecule has 0 spiro atoms. The number of hydrogen-bond acceptors (Lipinski definition) is 5. The average molecular weight is 423 g/mol. The lowest BCUT2D eigenvalue weighted by Gasteiger charge is -2.19. The smallest absolute Gasteiger partial charge is 0.271 e. The Balaban J connectivity index is 1.66. The van der Waals surface area contributed by atoms with E-state index in [2.05, 4.69) is 5.32 Å². The maximum absolute atomic E-state index is 14.1. The molecular formula is C22H18FN3O5. The first kappa shape index (κ1) is 20.4. The molecule has 0 radical (unpaired) electrons. The predicted octanol–water partition coefficient (Wildman–Crippen LogP) is 3.83. The van der Waals surface area contributed by atoms with Gasteiger partial charge in [-0.05, 0) is 38.0 Å². The van der Waals surface area contributed by atoms with Crippen molar-refractivity contribution in [2.45, 2.75) is 19.8 Å². The number of hydrogen-bond donors (Lipinski definition) is 1. The number of benzene rings is 2. The molecule has 1 N–H and O–H groups in total. The molecule has 4 rings (SSSR count). The van der Waals surface area contributed by atoms with E-state index in [9.17, 15) is 28.9 Å². The van der Waals surface area contributed by atoms with Gasteiger partial charge < -0.3 is 5.32 Å². The fraction of sp³-hybridized carbons (Fsp3) is 0.227. The monoisotopic (exact) mass is 423 g/mol. The van der Waals surface area contributed by atoms with E-state index in [1.54, 1.807) is 12.1 Å². The molecule has 1 aliphatic heterocycles. The Morgan fingerprint density at radius 2 is 1.87 bits per heavy atom. The highest BCUT2D eigenvalue weighted by Gasteiger charge is 2.49. The number of amides is 3. The number of fused-ring (bicyclic) bond motifs is 1. The largest absolute Gasteiger partial charge is 0.319 e. The molecule has 0 saturated carbocycles. The van der Waals surface area contributed by atoms with Gasteiger partial charge in [-0.1, -0.05) is 23.8 Å². The maximum Gasteiger partial charge on any atom is 0.271 e. The number of nitro groups is 1. The number of carbonyl (C=O) groups excluding carboxylic acids is 3. The van der Waals surface area contributed by atoms with Crippen LogP contribution in [0.25, 0.3) is 0 Å². The fourth-order valence-electron chi connectivity index (χ4n) is 4.05. The van der Waals surface area contributed by atoms with Crippen molar-refractivity contribution in [3.8, 4) is 0 Å². The summed E-state index contributed by atoms with van der Waals surface area (Å²) in [5.74, 6) is -3.33. The molecule has 8 nitrogen and oxygen atoms in total. The van der Waals surface area contributed by atoms with E-state index in [1.165, 1.54) is 12.1 Å². The topological polar surface area (TPSA) is 110 Å². The van der Waals surface area contributed by atoms with Gasteiger partial charge >= 0.3 is 0 Å². The van der Waals surface area contributed by atoms with Crippen LogP contribution in [-0.4, -0.2) is 22.6 Å². The highest BCUT2D eigenvalue weighted by Crippen LogP contribution is 2.40. The van der Waals surface area contributed by atoms with Crippen LogP contribution in [0.1, 0.15) is 30.1 Å². The minimum Gasteiger partial charge on any atom is -0.319 e. The van der Waals surface area contributed by atoms with Crippen molar-refractivity contribution in [3.63, 3.8) is 0 Å². The standard InChI is InChI=1S/C22H18FN3O5/c1-12-6-8-14-16(10-12)22(29)25(21(14)28)19-5-3-2-4-15(19)20(27)24-18-11-13(26(30)31)7-9-17(18)23/h2-7,9,11,14,16H,8,10H2,1H3,(H,24,27)/t14-,16+/m1/s1. The summed E-state index contributed by atoms with van der Waals surface area (Å²) >= 11 is 0. The van der Waals surface area contributed by atoms with E-state index in [4.69, 9.17) is 0 Å². The number of rotatable bonds is 4. The number of anilines is 2. The SMILES string of the molecule is CC1=CC[C@H]2C(=O)N(c3ccccc3C(=O)Nc3cc([N+](=O)[O-])ccc3F)C(=O)[C@H]2C1. The van der Waals surface area contributed by atoms with Crippen molar-refractivity contribution in [2.75, 3.05) is 10.2 Å². The van der Waals surface area contributed by atoms with Gasteiger partial charge in [-0.25, -0.2) is 9.29 Å². The zero-order valence-electron chi connectivity index (χ0n) is 16.5. The van der Waals surface area contributed by atoms with Gasteiger partial charge in [-0.15, -0.1) is 0 Å². The summed E-state index contributed by atoms with van der Waals surface area (Å²) in [6, 6.07) is 8.80. The number of carbonyl (C=O) groups is 3. The summed E-state index contributed by atoms with van der Waals surface area (Å²) in [7, 11) is 0. The zero-order chi connectivity index (χ0) is 22.3. The van der Waals surface area contributed by atoms with Gasteiger partial charge in [0.15, 0.2) is 0 Å². The minimum absolute atomic E-state index is 0.0153. The lowest BCUT2D eigenvalue weighted by molar-refractivity contribution is -0.384. The van der Waals surface area contributed by atoms with E-state index < -0.39 is 28.5 Å². The molecule has 0 unspecified atom stereocenters. The van der Waals surface area contributed by atoms with E-state index in [-0.39, 0.29) is 34.4 Å². The Bertz CT molecular complexity index is 1160. The second-order valence-corrected chi connectivity index (χ2v) is 7.61. The van der Waals surface area contributed by atoms with Crippen LogP contribution >= 0.6 is 0 Å². The summed E-state index contributed by atoms with van der Waals surface area (Å²) in [6.07, 6.45) is 2.89. The molecule has 1 heterocycles. The minimum atomic E-state index is -0.850. The van der Waals surface area contributed by atoms with Crippen LogP contribution < -0.4 is 10.2 Å². The molecular weight excluding hydrogens is 405 g/mol. The third kappa shape index (κ3) is 3.58. The van der Waals surface area contributed by atoms with Crippen molar-refractivity contribution in [2.24, 2.45) is 11.8 Å². The molecule has 1 aliphatic carbocycles. The summed E-state index contributed by atoms with van der Waals surface area (Å²) in [5.41, 5.74) is 0.367. The molecule has 9 heteroatoms. The van der Waals surface area contributed by atoms with Gasteiger partial charge in [0.1, 0.15) is 5.82 Å². The number of allylic oxidation sites excluding steroid dienone is 2. The first-order valence-electron chi connectivity index (χ1n) is 9.65. The highest BCUT2D eigenvalue weighted by molar-refractivity contribution is 6.25. The van der Waals surface area contributed by atoms with Crippen LogP contribution in [0.15, 0.2) is 54.1 Å². The zero-order valence-corrected chi connectivity index (χ0v) is 16.5. The van der Waals surface area contributed by atoms with Crippen molar-refractivity contribution in [1.29, 1.82) is 0 Å². The Morgan fingerprint density at radius 3 is 2.61 bits per heavy atom. The summed E-state index contributed by atoms with van der Waals surface area (Å²) in [4.78, 5) is 50.2. The molecule has 1 fully saturated rings. The van der Waals surface area contributed by atoms with E-state index >= 15 is 0 Å². The van der Waals surface area contributed by atoms with Crippen LogP contribution in [0, 0.1) is 27.8 Å². The Hall–Kier alpha value is -3.88. The third-order valence-corrected chi connectivity index (χ3v) is 5.62. The van der Waals surface area contributed by atoms with Gasteiger partial charge in [0, 0.05) is 12.1 Å². The van der Waals surface area contributed by atoms with Gasteiger partial charge in [-0.2, -0.15) is 0 Å². The molecule has 3 amide bonds. The second kappa shape index (κ2) is 7.75. The number of non-ortho nitro benzene ring substituents is 1. The molecule has 31 heavy (non-hydrogen) atoms. The van der Waals surface area contributed by atoms with Crippen molar-refractivity contribution >= 4 is 34.8 Å². The predicted molar refractivity (Wildman–Crippen MR) is 110 cm³/mol. The normalized spacial score (nSPS) is 20.3. The number of nitro benzene ring substituents is 1. The number of halogens is 1. The summed E-state index contributed by atoms with van der Waals surface area (Å²) < 4.78 is 14.1. The fourth-order valence-corrected chi connectivity index (χ4v) is 4.05. The van der Waals surface area contributed by atoms with Crippen LogP contribution in [0.5, 0.6) is 0 Å². The van der Waals surface area contributed by atoms with E-state index in [1.807, 2.05) is 13.0 Å². The summed E-state index contributed by atoms with van der Waals surface area (Å²) in [5, 5.41) is 13.3. The van der Waals surface area contributed by atoms with Gasteiger partial charge in [-0.3, -0.25) is 24.5 Å². The van der Waals surface area contributed by atoms with E-state index in [0.717, 1.165) is 28.7 Å². The number of imide groups is 1. The Kier molecular flexibility index (Phi) is 5.10. The van der Waals surface area contributed by atoms with Crippen LogP contribution in [0.3, 0.4) is 0 Å². The number of nitrogens with zero attached hydrogens (tertiary/aromatic N) is 2. The Morgan fingerprint density at radius 1 is 1.16 bits per heavy atom. The first-order chi connectivity index (χ1) is 14.8. The van der Waals surface area contributed by atoms with Gasteiger partial charge in [0.2, 0.25) is 11.8 Å². The maximum atomic E-state index is 14.1. The molecule has 0 bridgehead atoms. The lowest BCUT2D eigenvalue weighted by atomic mass is 9.82. The molecule has 2 aromatic carbocycles. The third-order valence-electron chi connectivity index (χ3n) is 5.62. The molecule has 2 aliphatic rings.